The highest BCUT2D eigenvalue weighted by Gasteiger charge is 2.15. The minimum absolute atomic E-state index is 0.307. The van der Waals surface area contributed by atoms with Crippen molar-refractivity contribution in [1.29, 1.82) is 0 Å². The van der Waals surface area contributed by atoms with Crippen LogP contribution in [0, 0.1) is 0 Å². The molecule has 3 heteroatoms. The first-order valence-electron chi connectivity index (χ1n) is 5.37. The second-order valence-corrected chi connectivity index (χ2v) is 3.90. The molecule has 0 spiro atoms. The van der Waals surface area contributed by atoms with E-state index in [9.17, 15) is 5.11 Å². The number of nitrogens with one attached hydrogen (secondary N) is 1. The van der Waals surface area contributed by atoms with Gasteiger partial charge in [-0.1, -0.05) is 30.3 Å². The lowest BCUT2D eigenvalue weighted by Gasteiger charge is -2.07. The molecule has 3 rings (SSSR count). The lowest BCUT2D eigenvalue weighted by atomic mass is 9.98. The maximum atomic E-state index is 9.96. The Morgan fingerprint density at radius 1 is 1.12 bits per heavy atom. The quantitative estimate of drug-likeness (QED) is 0.761. The number of benzene rings is 2. The van der Waals surface area contributed by atoms with E-state index in [0.29, 0.717) is 5.75 Å². The van der Waals surface area contributed by atoms with Gasteiger partial charge in [0.15, 0.2) is 0 Å². The molecule has 80 valence electrons. The second kappa shape index (κ2) is 3.52. The standard InChI is InChI=1S/C13H12N2O/c16-12-6-5-9-3-1-2-4-10(9)13(12)11-7-8-14-15-11/h1-6,14,16H,7-8H2. The van der Waals surface area contributed by atoms with E-state index in [0.717, 1.165) is 35.0 Å². The maximum absolute atomic E-state index is 9.96. The number of hydrogen-bond donors (Lipinski definition) is 2. The summed E-state index contributed by atoms with van der Waals surface area (Å²) in [4.78, 5) is 0. The van der Waals surface area contributed by atoms with Crippen molar-refractivity contribution in [1.82, 2.24) is 5.43 Å². The van der Waals surface area contributed by atoms with Gasteiger partial charge >= 0.3 is 0 Å². The molecule has 2 aromatic rings. The number of phenolic OH excluding ortho intramolecular Hbond substituents is 1. The van der Waals surface area contributed by atoms with Gasteiger partial charge in [-0.2, -0.15) is 5.10 Å². The topological polar surface area (TPSA) is 44.6 Å². The summed E-state index contributed by atoms with van der Waals surface area (Å²) in [6.07, 6.45) is 0.863. The van der Waals surface area contributed by atoms with Gasteiger partial charge in [0.25, 0.3) is 0 Å². The highest BCUT2D eigenvalue weighted by Crippen LogP contribution is 2.29. The normalized spacial score (nSPS) is 14.9. The zero-order valence-electron chi connectivity index (χ0n) is 8.77. The van der Waals surface area contributed by atoms with Crippen molar-refractivity contribution in [3.05, 3.63) is 42.0 Å². The van der Waals surface area contributed by atoms with E-state index in [1.54, 1.807) is 6.07 Å². The Kier molecular flexibility index (Phi) is 2.03. The van der Waals surface area contributed by atoms with E-state index < -0.39 is 0 Å². The van der Waals surface area contributed by atoms with Gasteiger partial charge in [0.2, 0.25) is 0 Å². The van der Waals surface area contributed by atoms with Crippen LogP contribution in [0.3, 0.4) is 0 Å². The van der Waals surface area contributed by atoms with E-state index >= 15 is 0 Å². The third-order valence-corrected chi connectivity index (χ3v) is 2.88. The summed E-state index contributed by atoms with van der Waals surface area (Å²) in [5.41, 5.74) is 4.74. The van der Waals surface area contributed by atoms with Crippen molar-refractivity contribution in [3.8, 4) is 5.75 Å². The predicted octanol–water partition coefficient (Wildman–Crippen LogP) is 2.24. The van der Waals surface area contributed by atoms with Crippen LogP contribution in [0.4, 0.5) is 0 Å². The largest absolute Gasteiger partial charge is 0.507 e. The van der Waals surface area contributed by atoms with Crippen LogP contribution in [0.5, 0.6) is 5.75 Å². The van der Waals surface area contributed by atoms with Gasteiger partial charge in [0.1, 0.15) is 5.75 Å². The molecule has 2 aromatic carbocycles. The van der Waals surface area contributed by atoms with Crippen LogP contribution in [0.15, 0.2) is 41.5 Å². The molecule has 0 aromatic heterocycles. The molecule has 0 bridgehead atoms. The number of hydrazone groups is 1. The minimum atomic E-state index is 0.307. The predicted molar refractivity (Wildman–Crippen MR) is 64.8 cm³/mol. The summed E-state index contributed by atoms with van der Waals surface area (Å²) in [5, 5.41) is 16.4. The average molecular weight is 212 g/mol. The Morgan fingerprint density at radius 2 is 2.00 bits per heavy atom. The van der Waals surface area contributed by atoms with Crippen molar-refractivity contribution in [2.45, 2.75) is 6.42 Å². The smallest absolute Gasteiger partial charge is 0.125 e. The van der Waals surface area contributed by atoms with Gasteiger partial charge in [0, 0.05) is 18.5 Å². The first kappa shape index (κ1) is 9.21. The molecule has 1 aliphatic heterocycles. The van der Waals surface area contributed by atoms with E-state index in [4.69, 9.17) is 0 Å². The molecule has 0 saturated carbocycles. The molecule has 2 N–H and O–H groups in total. The van der Waals surface area contributed by atoms with Gasteiger partial charge in [-0.3, -0.25) is 0 Å². The summed E-state index contributed by atoms with van der Waals surface area (Å²) in [6, 6.07) is 11.7. The third kappa shape index (κ3) is 1.33. The van der Waals surface area contributed by atoms with Crippen molar-refractivity contribution < 1.29 is 5.11 Å². The Balaban J connectivity index is 2.32. The van der Waals surface area contributed by atoms with Crippen molar-refractivity contribution in [3.63, 3.8) is 0 Å². The molecule has 0 amide bonds. The van der Waals surface area contributed by atoms with Crippen LogP contribution in [-0.4, -0.2) is 17.4 Å². The summed E-state index contributed by atoms with van der Waals surface area (Å²) in [7, 11) is 0. The third-order valence-electron chi connectivity index (χ3n) is 2.88. The molecule has 0 unspecified atom stereocenters. The number of fused-ring (bicyclic) bond motifs is 1. The van der Waals surface area contributed by atoms with Gasteiger partial charge < -0.3 is 10.5 Å². The number of nitrogens with zero attached hydrogens (tertiary/aromatic N) is 1. The minimum Gasteiger partial charge on any atom is -0.507 e. The van der Waals surface area contributed by atoms with Crippen molar-refractivity contribution in [2.24, 2.45) is 5.10 Å². The fraction of sp³-hybridized carbons (Fsp3) is 0.154. The first-order chi connectivity index (χ1) is 7.86. The highest BCUT2D eigenvalue weighted by atomic mass is 16.3. The molecule has 16 heavy (non-hydrogen) atoms. The molecular weight excluding hydrogens is 200 g/mol. The Hall–Kier alpha value is -2.03. The molecule has 1 aliphatic rings. The van der Waals surface area contributed by atoms with Crippen molar-refractivity contribution in [2.75, 3.05) is 6.54 Å². The average Bonchev–Trinajstić information content (AvgIpc) is 2.82. The van der Waals surface area contributed by atoms with Crippen LogP contribution in [0.25, 0.3) is 10.8 Å². The summed E-state index contributed by atoms with van der Waals surface area (Å²) < 4.78 is 0. The molecule has 3 nitrogen and oxygen atoms in total. The number of hydrogen-bond acceptors (Lipinski definition) is 3. The monoisotopic (exact) mass is 212 g/mol. The van der Waals surface area contributed by atoms with Crippen LogP contribution >= 0.6 is 0 Å². The van der Waals surface area contributed by atoms with Crippen molar-refractivity contribution >= 4 is 16.5 Å². The lowest BCUT2D eigenvalue weighted by Crippen LogP contribution is -1.99. The van der Waals surface area contributed by atoms with Crippen LogP contribution in [0.1, 0.15) is 12.0 Å². The highest BCUT2D eigenvalue weighted by molar-refractivity contribution is 6.13. The lowest BCUT2D eigenvalue weighted by molar-refractivity contribution is 0.475. The Labute approximate surface area is 93.4 Å². The molecule has 0 aliphatic carbocycles. The number of aromatic hydroxyl groups is 1. The van der Waals surface area contributed by atoms with E-state index in [1.165, 1.54) is 0 Å². The molecule has 1 heterocycles. The number of rotatable bonds is 1. The molecule has 0 saturated heterocycles. The molecular formula is C13H12N2O. The van der Waals surface area contributed by atoms with Gasteiger partial charge in [0.05, 0.1) is 5.71 Å². The SMILES string of the molecule is Oc1ccc2ccccc2c1C1=NNCC1. The number of phenols is 1. The van der Waals surface area contributed by atoms with Crippen LogP contribution in [0.2, 0.25) is 0 Å². The van der Waals surface area contributed by atoms with Gasteiger partial charge in [-0.05, 0) is 16.8 Å². The van der Waals surface area contributed by atoms with Crippen LogP contribution < -0.4 is 5.43 Å². The Bertz CT molecular complexity index is 575. The zero-order chi connectivity index (χ0) is 11.0. The molecule has 0 atom stereocenters. The fourth-order valence-electron chi connectivity index (χ4n) is 2.13. The fourth-order valence-corrected chi connectivity index (χ4v) is 2.13. The summed E-state index contributed by atoms with van der Waals surface area (Å²) in [6.45, 7) is 0.845. The van der Waals surface area contributed by atoms with E-state index in [2.05, 4.69) is 10.5 Å². The zero-order valence-corrected chi connectivity index (χ0v) is 8.77. The Morgan fingerprint density at radius 3 is 2.81 bits per heavy atom. The maximum Gasteiger partial charge on any atom is 0.125 e. The molecule has 0 fully saturated rings. The first-order valence-corrected chi connectivity index (χ1v) is 5.37. The second-order valence-electron chi connectivity index (χ2n) is 3.90. The van der Waals surface area contributed by atoms with E-state index in [1.807, 2.05) is 30.3 Å². The van der Waals surface area contributed by atoms with E-state index in [-0.39, 0.29) is 0 Å². The van der Waals surface area contributed by atoms with Gasteiger partial charge in [-0.25, -0.2) is 0 Å². The summed E-state index contributed by atoms with van der Waals surface area (Å²) in [5.74, 6) is 0.307. The van der Waals surface area contributed by atoms with Gasteiger partial charge in [-0.15, -0.1) is 0 Å². The summed E-state index contributed by atoms with van der Waals surface area (Å²) >= 11 is 0. The van der Waals surface area contributed by atoms with Crippen LogP contribution in [-0.2, 0) is 0 Å². The molecule has 0 radical (unpaired) electrons.